The molecule has 0 spiro atoms. The topological polar surface area (TPSA) is 58.6 Å². The molecule has 22 heavy (non-hydrogen) atoms. The third-order valence-electron chi connectivity index (χ3n) is 3.03. The first-order valence-electron chi connectivity index (χ1n) is 6.74. The molecule has 2 amide bonds. The zero-order valence-corrected chi connectivity index (χ0v) is 12.6. The molecule has 5 nitrogen and oxygen atoms in total. The van der Waals surface area contributed by atoms with Crippen molar-refractivity contribution in [2.75, 3.05) is 43.1 Å². The fraction of sp³-hybridized carbons (Fsp3) is 0.429. The lowest BCUT2D eigenvalue weighted by Gasteiger charge is -2.26. The highest BCUT2D eigenvalue weighted by Gasteiger charge is 2.17. The maximum atomic E-state index is 13.0. The van der Waals surface area contributed by atoms with Crippen LogP contribution in [0.2, 0.25) is 0 Å². The number of hydrogen-bond acceptors (Lipinski definition) is 4. The van der Waals surface area contributed by atoms with Gasteiger partial charge in [-0.3, -0.25) is 9.59 Å². The van der Waals surface area contributed by atoms with E-state index in [1.807, 2.05) is 0 Å². The summed E-state index contributed by atoms with van der Waals surface area (Å²) >= 11 is 1.18. The highest BCUT2D eigenvalue weighted by Crippen LogP contribution is 2.14. The summed E-state index contributed by atoms with van der Waals surface area (Å²) in [5, 5.41) is 2.45. The molecule has 1 aromatic carbocycles. The first kappa shape index (κ1) is 16.7. The summed E-state index contributed by atoms with van der Waals surface area (Å²) in [6, 6.07) is 3.14. The van der Waals surface area contributed by atoms with Crippen molar-refractivity contribution in [1.29, 1.82) is 0 Å². The van der Waals surface area contributed by atoms with Crippen molar-refractivity contribution in [2.24, 2.45) is 0 Å². The van der Waals surface area contributed by atoms with Gasteiger partial charge in [-0.05, 0) is 12.1 Å². The molecule has 0 saturated carbocycles. The predicted molar refractivity (Wildman–Crippen MR) is 79.7 cm³/mol. The van der Waals surface area contributed by atoms with Crippen LogP contribution < -0.4 is 5.32 Å². The molecule has 120 valence electrons. The van der Waals surface area contributed by atoms with Crippen molar-refractivity contribution in [3.63, 3.8) is 0 Å². The lowest BCUT2D eigenvalue weighted by atomic mass is 10.3. The van der Waals surface area contributed by atoms with Crippen molar-refractivity contribution in [3.05, 3.63) is 29.8 Å². The van der Waals surface area contributed by atoms with Crippen LogP contribution in [-0.2, 0) is 14.3 Å². The Morgan fingerprint density at radius 3 is 2.59 bits per heavy atom. The number of halogens is 2. The van der Waals surface area contributed by atoms with Gasteiger partial charge in [0, 0.05) is 24.8 Å². The SMILES string of the molecule is O=C(CSCC(=O)N1CCOCC1)Nc1ccc(F)c(F)c1. The van der Waals surface area contributed by atoms with E-state index >= 15 is 0 Å². The van der Waals surface area contributed by atoms with Crippen LogP contribution in [0.3, 0.4) is 0 Å². The van der Waals surface area contributed by atoms with Crippen molar-refractivity contribution in [2.45, 2.75) is 0 Å². The van der Waals surface area contributed by atoms with E-state index in [1.54, 1.807) is 4.90 Å². The van der Waals surface area contributed by atoms with Gasteiger partial charge in [0.1, 0.15) is 0 Å². The number of thioether (sulfide) groups is 1. The van der Waals surface area contributed by atoms with Gasteiger partial charge in [-0.25, -0.2) is 8.78 Å². The number of nitrogens with one attached hydrogen (secondary N) is 1. The Hall–Kier alpha value is -1.67. The minimum Gasteiger partial charge on any atom is -0.378 e. The molecule has 0 bridgehead atoms. The largest absolute Gasteiger partial charge is 0.378 e. The minimum atomic E-state index is -1.02. The monoisotopic (exact) mass is 330 g/mol. The van der Waals surface area contributed by atoms with Crippen LogP contribution in [0.1, 0.15) is 0 Å². The molecule has 1 saturated heterocycles. The number of carbonyl (C=O) groups is 2. The maximum Gasteiger partial charge on any atom is 0.234 e. The number of amides is 2. The van der Waals surface area contributed by atoms with Crippen molar-refractivity contribution in [3.8, 4) is 0 Å². The average molecular weight is 330 g/mol. The average Bonchev–Trinajstić information content (AvgIpc) is 2.51. The van der Waals surface area contributed by atoms with Crippen LogP contribution >= 0.6 is 11.8 Å². The first-order chi connectivity index (χ1) is 10.6. The van der Waals surface area contributed by atoms with E-state index in [2.05, 4.69) is 5.32 Å². The van der Waals surface area contributed by atoms with E-state index in [0.29, 0.717) is 26.3 Å². The van der Waals surface area contributed by atoms with E-state index in [9.17, 15) is 18.4 Å². The Morgan fingerprint density at radius 1 is 1.18 bits per heavy atom. The Labute approximate surface area is 131 Å². The van der Waals surface area contributed by atoms with Gasteiger partial charge in [-0.2, -0.15) is 0 Å². The van der Waals surface area contributed by atoms with Crippen LogP contribution in [0.4, 0.5) is 14.5 Å². The van der Waals surface area contributed by atoms with Gasteiger partial charge in [0.2, 0.25) is 11.8 Å². The number of ether oxygens (including phenoxy) is 1. The van der Waals surface area contributed by atoms with E-state index in [1.165, 1.54) is 17.8 Å². The maximum absolute atomic E-state index is 13.0. The molecule has 1 aliphatic heterocycles. The zero-order valence-electron chi connectivity index (χ0n) is 11.8. The third kappa shape index (κ3) is 4.96. The number of carbonyl (C=O) groups excluding carboxylic acids is 2. The number of benzene rings is 1. The van der Waals surface area contributed by atoms with E-state index in [-0.39, 0.29) is 29.0 Å². The van der Waals surface area contributed by atoms with Gasteiger partial charge in [-0.1, -0.05) is 0 Å². The second kappa shape index (κ2) is 8.09. The van der Waals surface area contributed by atoms with E-state index < -0.39 is 11.6 Å². The Morgan fingerprint density at radius 2 is 1.91 bits per heavy atom. The standard InChI is InChI=1S/C14H16F2N2O3S/c15-11-2-1-10(7-12(11)16)17-13(19)8-22-9-14(20)18-3-5-21-6-4-18/h1-2,7H,3-6,8-9H2,(H,17,19). The van der Waals surface area contributed by atoms with Gasteiger partial charge in [0.15, 0.2) is 11.6 Å². The van der Waals surface area contributed by atoms with Gasteiger partial charge >= 0.3 is 0 Å². The number of rotatable bonds is 5. The number of anilines is 1. The fourth-order valence-electron chi connectivity index (χ4n) is 1.91. The highest BCUT2D eigenvalue weighted by molar-refractivity contribution is 8.00. The number of hydrogen-bond donors (Lipinski definition) is 1. The molecule has 0 radical (unpaired) electrons. The molecule has 0 aromatic heterocycles. The molecule has 1 aliphatic rings. The van der Waals surface area contributed by atoms with Crippen molar-refractivity contribution < 1.29 is 23.1 Å². The molecule has 1 aromatic rings. The van der Waals surface area contributed by atoms with Crippen LogP contribution in [0, 0.1) is 11.6 Å². The number of morpholine rings is 1. The molecule has 0 unspecified atom stereocenters. The normalized spacial score (nSPS) is 14.7. The second-order valence-electron chi connectivity index (χ2n) is 4.66. The van der Waals surface area contributed by atoms with Gasteiger partial charge in [0.05, 0.1) is 24.7 Å². The molecule has 0 atom stereocenters. The lowest BCUT2D eigenvalue weighted by Crippen LogP contribution is -2.41. The lowest BCUT2D eigenvalue weighted by molar-refractivity contribution is -0.132. The molecule has 2 rings (SSSR count). The Balaban J connectivity index is 1.71. The van der Waals surface area contributed by atoms with E-state index in [4.69, 9.17) is 4.74 Å². The summed E-state index contributed by atoms with van der Waals surface area (Å²) in [5.41, 5.74) is 0.184. The van der Waals surface area contributed by atoms with Gasteiger partial charge < -0.3 is 15.0 Å². The minimum absolute atomic E-state index is 0.0334. The van der Waals surface area contributed by atoms with Crippen LogP contribution in [0.15, 0.2) is 18.2 Å². The summed E-state index contributed by atoms with van der Waals surface area (Å²) in [6.45, 7) is 2.21. The summed E-state index contributed by atoms with van der Waals surface area (Å²) < 4.78 is 30.9. The van der Waals surface area contributed by atoms with E-state index in [0.717, 1.165) is 12.1 Å². The second-order valence-corrected chi connectivity index (χ2v) is 5.65. The molecule has 8 heteroatoms. The molecule has 0 aliphatic carbocycles. The van der Waals surface area contributed by atoms with Crippen molar-refractivity contribution >= 4 is 29.3 Å². The van der Waals surface area contributed by atoms with Crippen LogP contribution in [0.25, 0.3) is 0 Å². The highest BCUT2D eigenvalue weighted by atomic mass is 32.2. The van der Waals surface area contributed by atoms with Gasteiger partial charge in [-0.15, -0.1) is 11.8 Å². The predicted octanol–water partition coefficient (Wildman–Crippen LogP) is 1.50. The van der Waals surface area contributed by atoms with Crippen LogP contribution in [0.5, 0.6) is 0 Å². The zero-order chi connectivity index (χ0) is 15.9. The molecular formula is C14H16F2N2O3S. The smallest absolute Gasteiger partial charge is 0.234 e. The first-order valence-corrected chi connectivity index (χ1v) is 7.90. The number of nitrogens with zero attached hydrogens (tertiary/aromatic N) is 1. The molecule has 1 heterocycles. The molecule has 1 N–H and O–H groups in total. The molecule has 1 fully saturated rings. The summed E-state index contributed by atoms with van der Waals surface area (Å²) in [4.78, 5) is 25.2. The quantitative estimate of drug-likeness (QED) is 0.889. The summed E-state index contributed by atoms with van der Waals surface area (Å²) in [7, 11) is 0. The van der Waals surface area contributed by atoms with Crippen LogP contribution in [-0.4, -0.2) is 54.5 Å². The fourth-order valence-corrected chi connectivity index (χ4v) is 2.62. The Kier molecular flexibility index (Phi) is 6.14. The summed E-state index contributed by atoms with van der Waals surface area (Å²) in [5.74, 6) is -2.13. The summed E-state index contributed by atoms with van der Waals surface area (Å²) in [6.07, 6.45) is 0. The third-order valence-corrected chi connectivity index (χ3v) is 3.94. The molecular weight excluding hydrogens is 314 g/mol. The van der Waals surface area contributed by atoms with Gasteiger partial charge in [0.25, 0.3) is 0 Å². The Bertz CT molecular complexity index is 551. The van der Waals surface area contributed by atoms with Crippen molar-refractivity contribution in [1.82, 2.24) is 4.90 Å².